The van der Waals surface area contributed by atoms with Crippen molar-refractivity contribution >= 4 is 0 Å². The number of aromatic amines is 1. The molecule has 5 rings (SSSR count). The minimum absolute atomic E-state index is 0.0121. The lowest BCUT2D eigenvalue weighted by Gasteiger charge is -2.53. The second-order valence-corrected chi connectivity index (χ2v) is 10.6. The van der Waals surface area contributed by atoms with Crippen molar-refractivity contribution in [2.45, 2.75) is 32.2 Å². The van der Waals surface area contributed by atoms with E-state index in [-0.39, 0.29) is 11.8 Å². The molecule has 1 aliphatic rings. The van der Waals surface area contributed by atoms with E-state index in [2.05, 4.69) is 109 Å². The summed E-state index contributed by atoms with van der Waals surface area (Å²) < 4.78 is 11.1. The maximum absolute atomic E-state index is 5.54. The number of nitrogens with one attached hydrogen (secondary N) is 2. The molecule has 39 heavy (non-hydrogen) atoms. The maximum Gasteiger partial charge on any atom is 0.137 e. The maximum atomic E-state index is 5.54. The van der Waals surface area contributed by atoms with Crippen LogP contribution < -0.4 is 14.8 Å². The van der Waals surface area contributed by atoms with Gasteiger partial charge in [0.05, 0.1) is 25.5 Å². The molecule has 2 N–H and O–H groups in total. The summed E-state index contributed by atoms with van der Waals surface area (Å²) in [5, 5.41) is 3.57. The van der Waals surface area contributed by atoms with E-state index in [0.29, 0.717) is 0 Å². The van der Waals surface area contributed by atoms with Crippen LogP contribution in [-0.2, 0) is 5.54 Å². The standard InChI is InChI=1S/C33H40N4O2/c1-23(2)33(37-21-19-34-20-22-37,31-24(3)35-32(36-31)27-9-7-6-8-10-27)30(25-11-15-28(38-4)16-12-25)26-13-17-29(39-5)18-14-26/h6-18,23,30,34H,19-22H2,1-5H3,(H,35,36). The molecule has 1 atom stereocenters. The lowest BCUT2D eigenvalue weighted by Crippen LogP contribution is -2.60. The van der Waals surface area contributed by atoms with Crippen molar-refractivity contribution in [1.82, 2.24) is 20.2 Å². The highest BCUT2D eigenvalue weighted by molar-refractivity contribution is 5.57. The zero-order valence-corrected chi connectivity index (χ0v) is 23.7. The number of imidazole rings is 1. The number of hydrogen-bond acceptors (Lipinski definition) is 5. The van der Waals surface area contributed by atoms with Gasteiger partial charge < -0.3 is 19.8 Å². The monoisotopic (exact) mass is 524 g/mol. The van der Waals surface area contributed by atoms with Gasteiger partial charge in [0.1, 0.15) is 17.3 Å². The summed E-state index contributed by atoms with van der Waals surface area (Å²) in [7, 11) is 3.43. The minimum atomic E-state index is -0.418. The molecule has 6 heteroatoms. The van der Waals surface area contributed by atoms with Crippen molar-refractivity contribution in [3.8, 4) is 22.9 Å². The number of ether oxygens (including phenoxy) is 2. The van der Waals surface area contributed by atoms with Gasteiger partial charge in [-0.3, -0.25) is 4.90 Å². The van der Waals surface area contributed by atoms with Gasteiger partial charge in [0.2, 0.25) is 0 Å². The van der Waals surface area contributed by atoms with E-state index in [9.17, 15) is 0 Å². The Bertz CT molecular complexity index is 1300. The zero-order chi connectivity index (χ0) is 27.4. The normalized spacial score (nSPS) is 15.9. The van der Waals surface area contributed by atoms with Crippen molar-refractivity contribution in [2.75, 3.05) is 40.4 Å². The summed E-state index contributed by atoms with van der Waals surface area (Å²) in [6.45, 7) is 10.6. The predicted octanol–water partition coefficient (Wildman–Crippen LogP) is 5.99. The Hall–Kier alpha value is -3.61. The second-order valence-electron chi connectivity index (χ2n) is 10.6. The van der Waals surface area contributed by atoms with Crippen LogP contribution in [-0.4, -0.2) is 55.3 Å². The third-order valence-electron chi connectivity index (χ3n) is 8.17. The molecule has 1 fully saturated rings. The third-order valence-corrected chi connectivity index (χ3v) is 8.17. The van der Waals surface area contributed by atoms with Gasteiger partial charge in [-0.15, -0.1) is 0 Å². The van der Waals surface area contributed by atoms with Crippen LogP contribution in [0.2, 0.25) is 0 Å². The Kier molecular flexibility index (Phi) is 8.05. The molecule has 6 nitrogen and oxygen atoms in total. The van der Waals surface area contributed by atoms with E-state index in [4.69, 9.17) is 14.5 Å². The number of hydrogen-bond donors (Lipinski definition) is 2. The van der Waals surface area contributed by atoms with Crippen molar-refractivity contribution in [3.05, 3.63) is 101 Å². The fraction of sp³-hybridized carbons (Fsp3) is 0.364. The number of methoxy groups -OCH3 is 2. The Morgan fingerprint density at radius 3 is 1.82 bits per heavy atom. The van der Waals surface area contributed by atoms with Gasteiger partial charge >= 0.3 is 0 Å². The van der Waals surface area contributed by atoms with Crippen LogP contribution in [0.15, 0.2) is 78.9 Å². The fourth-order valence-corrected chi connectivity index (χ4v) is 6.35. The molecule has 204 valence electrons. The molecule has 1 aliphatic heterocycles. The molecule has 0 radical (unpaired) electrons. The molecule has 2 heterocycles. The van der Waals surface area contributed by atoms with Crippen molar-refractivity contribution in [2.24, 2.45) is 5.92 Å². The fourth-order valence-electron chi connectivity index (χ4n) is 6.35. The molecular formula is C33H40N4O2. The first-order chi connectivity index (χ1) is 19.0. The predicted molar refractivity (Wildman–Crippen MR) is 158 cm³/mol. The summed E-state index contributed by atoms with van der Waals surface area (Å²) in [6.07, 6.45) is 0. The second kappa shape index (κ2) is 11.6. The number of H-pyrrole nitrogens is 1. The van der Waals surface area contributed by atoms with E-state index in [0.717, 1.165) is 60.5 Å². The van der Waals surface area contributed by atoms with Gasteiger partial charge in [0.25, 0.3) is 0 Å². The van der Waals surface area contributed by atoms with Crippen LogP contribution in [0.1, 0.15) is 42.3 Å². The molecule has 0 bridgehead atoms. The van der Waals surface area contributed by atoms with Crippen LogP contribution in [0.5, 0.6) is 11.5 Å². The van der Waals surface area contributed by atoms with Crippen molar-refractivity contribution in [3.63, 3.8) is 0 Å². The van der Waals surface area contributed by atoms with Gasteiger partial charge in [-0.2, -0.15) is 0 Å². The number of aryl methyl sites for hydroxylation is 1. The molecule has 1 aromatic heterocycles. The lowest BCUT2D eigenvalue weighted by molar-refractivity contribution is 0.0108. The highest BCUT2D eigenvalue weighted by Crippen LogP contribution is 2.52. The van der Waals surface area contributed by atoms with Crippen LogP contribution in [0.3, 0.4) is 0 Å². The molecule has 0 spiro atoms. The molecule has 1 saturated heterocycles. The van der Waals surface area contributed by atoms with Gasteiger partial charge in [-0.05, 0) is 48.2 Å². The van der Waals surface area contributed by atoms with Gasteiger partial charge in [0.15, 0.2) is 0 Å². The van der Waals surface area contributed by atoms with Crippen LogP contribution >= 0.6 is 0 Å². The number of piperazine rings is 1. The molecule has 1 unspecified atom stereocenters. The third kappa shape index (κ3) is 5.07. The van der Waals surface area contributed by atoms with Crippen LogP contribution in [0.4, 0.5) is 0 Å². The summed E-state index contributed by atoms with van der Waals surface area (Å²) >= 11 is 0. The quantitative estimate of drug-likeness (QED) is 0.282. The Morgan fingerprint density at radius 2 is 1.33 bits per heavy atom. The van der Waals surface area contributed by atoms with E-state index >= 15 is 0 Å². The Balaban J connectivity index is 1.79. The molecule has 4 aromatic rings. The largest absolute Gasteiger partial charge is 0.497 e. The number of rotatable bonds is 9. The Labute approximate surface area is 232 Å². The highest BCUT2D eigenvalue weighted by Gasteiger charge is 2.52. The summed E-state index contributed by atoms with van der Waals surface area (Å²) in [5.41, 5.74) is 5.35. The first-order valence-corrected chi connectivity index (χ1v) is 13.8. The summed E-state index contributed by atoms with van der Waals surface area (Å²) in [4.78, 5) is 11.8. The average molecular weight is 525 g/mol. The van der Waals surface area contributed by atoms with Crippen molar-refractivity contribution < 1.29 is 9.47 Å². The Morgan fingerprint density at radius 1 is 0.795 bits per heavy atom. The average Bonchev–Trinajstić information content (AvgIpc) is 3.38. The van der Waals surface area contributed by atoms with E-state index in [1.807, 2.05) is 6.07 Å². The smallest absolute Gasteiger partial charge is 0.137 e. The van der Waals surface area contributed by atoms with E-state index in [1.54, 1.807) is 14.2 Å². The first-order valence-electron chi connectivity index (χ1n) is 13.8. The number of benzene rings is 3. The SMILES string of the molecule is COc1ccc(C(c2ccc(OC)cc2)C(c2nc(-c3ccccc3)[nH]c2C)(C(C)C)N2CCNCC2)cc1. The molecule has 3 aromatic carbocycles. The number of nitrogens with zero attached hydrogens (tertiary/aromatic N) is 2. The van der Waals surface area contributed by atoms with Gasteiger partial charge in [-0.1, -0.05) is 68.4 Å². The first kappa shape index (κ1) is 27.0. The molecule has 0 saturated carbocycles. The molecule has 0 amide bonds. The summed E-state index contributed by atoms with van der Waals surface area (Å²) in [6, 6.07) is 27.6. The lowest BCUT2D eigenvalue weighted by atomic mass is 9.65. The molecule has 0 aliphatic carbocycles. The summed E-state index contributed by atoms with van der Waals surface area (Å²) in [5.74, 6) is 2.87. The minimum Gasteiger partial charge on any atom is -0.497 e. The topological polar surface area (TPSA) is 62.4 Å². The van der Waals surface area contributed by atoms with E-state index in [1.165, 1.54) is 11.1 Å². The number of aromatic nitrogens is 2. The highest BCUT2D eigenvalue weighted by atomic mass is 16.5. The van der Waals surface area contributed by atoms with Crippen molar-refractivity contribution in [1.29, 1.82) is 0 Å². The van der Waals surface area contributed by atoms with Gasteiger partial charge in [-0.25, -0.2) is 4.98 Å². The van der Waals surface area contributed by atoms with E-state index < -0.39 is 5.54 Å². The van der Waals surface area contributed by atoms with Crippen LogP contribution in [0, 0.1) is 12.8 Å². The van der Waals surface area contributed by atoms with Crippen LogP contribution in [0.25, 0.3) is 11.4 Å². The zero-order valence-electron chi connectivity index (χ0n) is 23.7. The molecular weight excluding hydrogens is 484 g/mol. The van der Waals surface area contributed by atoms with Gasteiger partial charge in [0, 0.05) is 43.4 Å².